The van der Waals surface area contributed by atoms with Crippen molar-refractivity contribution in [1.82, 2.24) is 9.97 Å². The van der Waals surface area contributed by atoms with Gasteiger partial charge in [0.25, 0.3) is 0 Å². The van der Waals surface area contributed by atoms with Gasteiger partial charge in [-0.3, -0.25) is 0 Å². The summed E-state index contributed by atoms with van der Waals surface area (Å²) in [4.78, 5) is 11.7. The average Bonchev–Trinajstić information content (AvgIpc) is 3.39. The monoisotopic (exact) mass is 520 g/mol. The molecule has 1 aliphatic heterocycles. The molecule has 0 spiro atoms. The zero-order valence-electron chi connectivity index (χ0n) is 22.3. The van der Waals surface area contributed by atoms with Crippen molar-refractivity contribution >= 4 is 22.5 Å². The highest BCUT2D eigenvalue weighted by Crippen LogP contribution is 2.57. The molecule has 0 saturated carbocycles. The number of thioether (sulfide) groups is 1. The van der Waals surface area contributed by atoms with E-state index in [0.29, 0.717) is 0 Å². The van der Waals surface area contributed by atoms with Crippen LogP contribution in [0, 0.1) is 0 Å². The second kappa shape index (κ2) is 8.03. The van der Waals surface area contributed by atoms with Gasteiger partial charge in [0.2, 0.25) is 0 Å². The maximum atomic E-state index is 5.26. The summed E-state index contributed by atoms with van der Waals surface area (Å²) in [6.07, 6.45) is 8.93. The minimum absolute atomic E-state index is 0.0246. The molecule has 5 aromatic rings. The van der Waals surface area contributed by atoms with Gasteiger partial charge in [-0.2, -0.15) is 0 Å². The topological polar surface area (TPSA) is 25.8 Å². The van der Waals surface area contributed by atoms with Crippen molar-refractivity contribution in [2.75, 3.05) is 0 Å². The van der Waals surface area contributed by atoms with Crippen molar-refractivity contribution in [2.24, 2.45) is 0 Å². The van der Waals surface area contributed by atoms with Crippen molar-refractivity contribution in [3.8, 4) is 33.8 Å². The van der Waals surface area contributed by atoms with Crippen LogP contribution >= 0.6 is 11.8 Å². The summed E-state index contributed by atoms with van der Waals surface area (Å²) in [5.41, 5.74) is 9.84. The first-order valence-electron chi connectivity index (χ1n) is 13.6. The molecular weight excluding hydrogens is 492 g/mol. The zero-order chi connectivity index (χ0) is 26.4. The molecule has 0 radical (unpaired) electrons. The van der Waals surface area contributed by atoms with E-state index in [2.05, 4.69) is 130 Å². The molecule has 0 N–H and O–H groups in total. The Morgan fingerprint density at radius 2 is 1.51 bits per heavy atom. The normalized spacial score (nSPS) is 21.5. The molecule has 3 heteroatoms. The first-order valence-corrected chi connectivity index (χ1v) is 14.4. The summed E-state index contributed by atoms with van der Waals surface area (Å²) >= 11 is 1.89. The van der Waals surface area contributed by atoms with Crippen molar-refractivity contribution < 1.29 is 0 Å². The van der Waals surface area contributed by atoms with E-state index >= 15 is 0 Å². The summed E-state index contributed by atoms with van der Waals surface area (Å²) in [5, 5.41) is 2.48. The Labute approximate surface area is 233 Å². The molecule has 2 heterocycles. The van der Waals surface area contributed by atoms with Gasteiger partial charge >= 0.3 is 0 Å². The highest BCUT2D eigenvalue weighted by molar-refractivity contribution is 8.01. The number of nitrogens with zero attached hydrogens (tertiary/aromatic N) is 2. The minimum atomic E-state index is -0.0432. The Kier molecular flexibility index (Phi) is 4.73. The highest BCUT2D eigenvalue weighted by Gasteiger charge is 2.44. The van der Waals surface area contributed by atoms with Gasteiger partial charge < -0.3 is 0 Å². The van der Waals surface area contributed by atoms with Gasteiger partial charge in [0.05, 0.1) is 16.3 Å². The van der Waals surface area contributed by atoms with E-state index in [-0.39, 0.29) is 16.1 Å². The van der Waals surface area contributed by atoms with Gasteiger partial charge in [0.15, 0.2) is 5.82 Å². The number of aromatic nitrogens is 2. The summed E-state index contributed by atoms with van der Waals surface area (Å²) in [7, 11) is 0. The van der Waals surface area contributed by atoms with E-state index in [4.69, 9.17) is 9.97 Å². The molecule has 0 bridgehead atoms. The van der Waals surface area contributed by atoms with Crippen LogP contribution in [0.2, 0.25) is 0 Å². The average molecular weight is 521 g/mol. The van der Waals surface area contributed by atoms with Crippen LogP contribution in [-0.4, -0.2) is 14.7 Å². The molecule has 0 fully saturated rings. The Morgan fingerprint density at radius 3 is 2.38 bits per heavy atom. The predicted octanol–water partition coefficient (Wildman–Crippen LogP) is 9.34. The number of benzene rings is 4. The third kappa shape index (κ3) is 3.29. The molecule has 0 saturated heterocycles. The van der Waals surface area contributed by atoms with E-state index in [1.165, 1.54) is 37.9 Å². The molecule has 2 unspecified atom stereocenters. The molecule has 39 heavy (non-hydrogen) atoms. The van der Waals surface area contributed by atoms with Gasteiger partial charge in [-0.25, -0.2) is 9.97 Å². The van der Waals surface area contributed by atoms with Crippen LogP contribution in [0.3, 0.4) is 0 Å². The molecule has 2 aliphatic carbocycles. The lowest BCUT2D eigenvalue weighted by molar-refractivity contribution is 0.661. The molecule has 2 atom stereocenters. The fourth-order valence-corrected chi connectivity index (χ4v) is 8.12. The Bertz CT molecular complexity index is 1880. The van der Waals surface area contributed by atoms with Gasteiger partial charge in [-0.15, -0.1) is 11.8 Å². The number of fused-ring (bicyclic) bond motifs is 7. The number of hydrogen-bond acceptors (Lipinski definition) is 3. The van der Waals surface area contributed by atoms with Crippen LogP contribution in [0.4, 0.5) is 0 Å². The van der Waals surface area contributed by atoms with Crippen LogP contribution in [0.1, 0.15) is 43.5 Å². The maximum Gasteiger partial charge on any atom is 0.160 e. The SMILES string of the molecule is CC1(C)c2ccccc2-c2cc3ccc(-c4nc(-c5ccccc5)c5c(n4)C4C=CC=CC4(C)S5)cc3cc21. The van der Waals surface area contributed by atoms with E-state index in [0.717, 1.165) is 28.3 Å². The fourth-order valence-electron chi connectivity index (χ4n) is 6.68. The van der Waals surface area contributed by atoms with Gasteiger partial charge in [0, 0.05) is 27.2 Å². The van der Waals surface area contributed by atoms with E-state index < -0.39 is 0 Å². The number of allylic oxidation sites excluding steroid dienone is 3. The second-order valence-electron chi connectivity index (χ2n) is 11.6. The van der Waals surface area contributed by atoms with Crippen LogP contribution in [0.25, 0.3) is 44.5 Å². The molecule has 8 rings (SSSR count). The van der Waals surface area contributed by atoms with Gasteiger partial charge in [-0.1, -0.05) is 105 Å². The third-order valence-electron chi connectivity index (χ3n) is 8.81. The maximum absolute atomic E-state index is 5.26. The predicted molar refractivity (Wildman–Crippen MR) is 163 cm³/mol. The van der Waals surface area contributed by atoms with Crippen LogP contribution < -0.4 is 0 Å². The summed E-state index contributed by atoms with van der Waals surface area (Å²) in [5.74, 6) is 1.03. The van der Waals surface area contributed by atoms with Crippen LogP contribution in [0.5, 0.6) is 0 Å². The molecule has 4 aromatic carbocycles. The Morgan fingerprint density at radius 1 is 0.692 bits per heavy atom. The number of rotatable bonds is 2. The van der Waals surface area contributed by atoms with Crippen molar-refractivity contribution in [1.29, 1.82) is 0 Å². The first-order chi connectivity index (χ1) is 18.9. The van der Waals surface area contributed by atoms with Gasteiger partial charge in [0.1, 0.15) is 0 Å². The molecule has 3 aliphatic rings. The minimum Gasteiger partial charge on any atom is -0.231 e. The van der Waals surface area contributed by atoms with Gasteiger partial charge in [-0.05, 0) is 58.1 Å². The van der Waals surface area contributed by atoms with Crippen molar-refractivity contribution in [2.45, 2.75) is 41.7 Å². The van der Waals surface area contributed by atoms with Crippen molar-refractivity contribution in [3.05, 3.63) is 126 Å². The Hall–Kier alpha value is -3.95. The smallest absolute Gasteiger partial charge is 0.160 e. The molecule has 0 amide bonds. The second-order valence-corrected chi connectivity index (χ2v) is 13.1. The third-order valence-corrected chi connectivity index (χ3v) is 10.3. The Balaban J connectivity index is 1.32. The molecular formula is C36H28N2S. The molecule has 2 nitrogen and oxygen atoms in total. The zero-order valence-corrected chi connectivity index (χ0v) is 23.1. The lowest BCUT2D eigenvalue weighted by atomic mass is 9.82. The van der Waals surface area contributed by atoms with E-state index in [1.54, 1.807) is 0 Å². The quantitative estimate of drug-likeness (QED) is 0.232. The summed E-state index contributed by atoms with van der Waals surface area (Å²) in [6, 6.07) is 30.9. The largest absolute Gasteiger partial charge is 0.231 e. The van der Waals surface area contributed by atoms with Crippen molar-refractivity contribution in [3.63, 3.8) is 0 Å². The molecule has 188 valence electrons. The highest BCUT2D eigenvalue weighted by atomic mass is 32.2. The number of hydrogen-bond donors (Lipinski definition) is 0. The van der Waals surface area contributed by atoms with E-state index in [9.17, 15) is 0 Å². The molecule has 1 aromatic heterocycles. The lowest BCUT2D eigenvalue weighted by Gasteiger charge is -2.26. The van der Waals surface area contributed by atoms with Crippen LogP contribution in [0.15, 0.2) is 114 Å². The van der Waals surface area contributed by atoms with Crippen LogP contribution in [-0.2, 0) is 5.41 Å². The summed E-state index contributed by atoms with van der Waals surface area (Å²) < 4.78 is -0.0432. The van der Waals surface area contributed by atoms with E-state index in [1.807, 2.05) is 11.8 Å². The fraction of sp³-hybridized carbons (Fsp3) is 0.167. The standard InChI is InChI=1S/C36H28N2S/c1-35(2)28-14-8-7-13-26(28)27-20-23-16-17-24(19-25(23)21-30(27)35)34-37-31(22-11-5-4-6-12-22)33-32(38-34)29-15-9-10-18-36(29,3)39-33/h4-21,29H,1-3H3. The first kappa shape index (κ1) is 23.0. The lowest BCUT2D eigenvalue weighted by Crippen LogP contribution is -2.22. The summed E-state index contributed by atoms with van der Waals surface area (Å²) in [6.45, 7) is 6.99.